The van der Waals surface area contributed by atoms with E-state index >= 15 is 0 Å². The van der Waals surface area contributed by atoms with Gasteiger partial charge in [-0.25, -0.2) is 4.98 Å². The third kappa shape index (κ3) is 2.49. The van der Waals surface area contributed by atoms with E-state index < -0.39 is 0 Å². The van der Waals surface area contributed by atoms with Crippen molar-refractivity contribution < 1.29 is 9.47 Å². The minimum Gasteiger partial charge on any atom is -0.493 e. The summed E-state index contributed by atoms with van der Waals surface area (Å²) in [5, 5.41) is 4.20. The van der Waals surface area contributed by atoms with Crippen LogP contribution in [0.15, 0.2) is 18.2 Å². The molecule has 3 rings (SSSR count). The maximum absolute atomic E-state index is 5.81. The van der Waals surface area contributed by atoms with Gasteiger partial charge >= 0.3 is 0 Å². The number of hydrogen-bond donors (Lipinski definition) is 1. The van der Waals surface area contributed by atoms with E-state index in [9.17, 15) is 0 Å². The van der Waals surface area contributed by atoms with Crippen molar-refractivity contribution in [3.8, 4) is 11.5 Å². The molecule has 1 unspecified atom stereocenters. The molecule has 2 aromatic rings. The van der Waals surface area contributed by atoms with Gasteiger partial charge < -0.3 is 14.8 Å². The number of benzene rings is 1. The second-order valence-corrected chi connectivity index (χ2v) is 5.20. The Morgan fingerprint density at radius 2 is 2.37 bits per heavy atom. The van der Waals surface area contributed by atoms with Crippen molar-refractivity contribution >= 4 is 16.7 Å². The lowest BCUT2D eigenvalue weighted by atomic mass is 10.0. The minimum atomic E-state index is 0.215. The molecule has 1 aromatic carbocycles. The number of methoxy groups -OCH3 is 1. The molecule has 1 aromatic heterocycles. The average Bonchev–Trinajstić information content (AvgIpc) is 2.83. The van der Waals surface area contributed by atoms with E-state index in [0.717, 1.165) is 34.4 Å². The highest BCUT2D eigenvalue weighted by atomic mass is 32.1. The Kier molecular flexibility index (Phi) is 3.25. The number of ether oxygens (including phenoxy) is 2. The second kappa shape index (κ2) is 5.05. The van der Waals surface area contributed by atoms with Gasteiger partial charge in [-0.15, -0.1) is 0 Å². The summed E-state index contributed by atoms with van der Waals surface area (Å²) in [5.74, 6) is 2.45. The van der Waals surface area contributed by atoms with Crippen LogP contribution in [0.3, 0.4) is 0 Å². The molecule has 0 amide bonds. The molecular formula is C13H15N3O2S. The molecule has 0 saturated carbocycles. The molecular weight excluding hydrogens is 262 g/mol. The first-order valence-electron chi connectivity index (χ1n) is 6.12. The van der Waals surface area contributed by atoms with Crippen LogP contribution in [-0.4, -0.2) is 29.1 Å². The molecule has 1 aliphatic rings. The van der Waals surface area contributed by atoms with Crippen LogP contribution in [0.4, 0.5) is 5.13 Å². The smallest absolute Gasteiger partial charge is 0.202 e. The van der Waals surface area contributed by atoms with Crippen molar-refractivity contribution in [2.75, 3.05) is 19.0 Å². The van der Waals surface area contributed by atoms with Gasteiger partial charge in [0, 0.05) is 17.1 Å². The molecule has 1 N–H and O–H groups in total. The van der Waals surface area contributed by atoms with Gasteiger partial charge in [0.2, 0.25) is 5.13 Å². The van der Waals surface area contributed by atoms with Crippen molar-refractivity contribution in [2.24, 2.45) is 0 Å². The lowest BCUT2D eigenvalue weighted by molar-refractivity contribution is 0.256. The Morgan fingerprint density at radius 3 is 3.11 bits per heavy atom. The van der Waals surface area contributed by atoms with Crippen LogP contribution in [0, 0.1) is 6.92 Å². The highest BCUT2D eigenvalue weighted by molar-refractivity contribution is 7.09. The Labute approximate surface area is 115 Å². The lowest BCUT2D eigenvalue weighted by Crippen LogP contribution is -2.33. The summed E-state index contributed by atoms with van der Waals surface area (Å²) < 4.78 is 15.3. The molecule has 0 bridgehead atoms. The van der Waals surface area contributed by atoms with Crippen molar-refractivity contribution in [3.63, 3.8) is 0 Å². The van der Waals surface area contributed by atoms with Gasteiger partial charge in [0.25, 0.3) is 0 Å². The van der Waals surface area contributed by atoms with E-state index in [1.54, 1.807) is 7.11 Å². The number of para-hydroxylation sites is 1. The lowest BCUT2D eigenvalue weighted by Gasteiger charge is -2.26. The van der Waals surface area contributed by atoms with Gasteiger partial charge in [0.15, 0.2) is 11.5 Å². The van der Waals surface area contributed by atoms with Crippen LogP contribution in [-0.2, 0) is 6.42 Å². The van der Waals surface area contributed by atoms with Crippen molar-refractivity contribution in [1.29, 1.82) is 0 Å². The monoisotopic (exact) mass is 277 g/mol. The van der Waals surface area contributed by atoms with Crippen LogP contribution in [0.1, 0.15) is 11.4 Å². The zero-order valence-corrected chi connectivity index (χ0v) is 11.7. The molecule has 0 fully saturated rings. The summed E-state index contributed by atoms with van der Waals surface area (Å²) in [6.45, 7) is 2.49. The van der Waals surface area contributed by atoms with E-state index in [1.807, 2.05) is 19.1 Å². The zero-order valence-electron chi connectivity index (χ0n) is 10.8. The molecule has 19 heavy (non-hydrogen) atoms. The van der Waals surface area contributed by atoms with Crippen LogP contribution in [0.2, 0.25) is 0 Å². The standard InChI is InChI=1S/C13H15N3O2S/c1-8-14-13(19-16-8)15-10-6-9-4-3-5-11(17-2)12(9)18-7-10/h3-5,10H,6-7H2,1-2H3,(H,14,15,16). The largest absolute Gasteiger partial charge is 0.493 e. The fraction of sp³-hybridized carbons (Fsp3) is 0.385. The summed E-state index contributed by atoms with van der Waals surface area (Å²) in [7, 11) is 1.66. The Morgan fingerprint density at radius 1 is 1.47 bits per heavy atom. The van der Waals surface area contributed by atoms with Crippen LogP contribution < -0.4 is 14.8 Å². The van der Waals surface area contributed by atoms with E-state index in [-0.39, 0.29) is 6.04 Å². The van der Waals surface area contributed by atoms with Crippen LogP contribution >= 0.6 is 11.5 Å². The van der Waals surface area contributed by atoms with E-state index in [0.29, 0.717) is 6.61 Å². The molecule has 6 heteroatoms. The highest BCUT2D eigenvalue weighted by Crippen LogP contribution is 2.35. The highest BCUT2D eigenvalue weighted by Gasteiger charge is 2.23. The number of fused-ring (bicyclic) bond motifs is 1. The molecule has 0 saturated heterocycles. The van der Waals surface area contributed by atoms with Gasteiger partial charge in [-0.1, -0.05) is 12.1 Å². The van der Waals surface area contributed by atoms with Crippen LogP contribution in [0.25, 0.3) is 0 Å². The summed E-state index contributed by atoms with van der Waals surface area (Å²) in [4.78, 5) is 4.31. The van der Waals surface area contributed by atoms with Gasteiger partial charge in [-0.05, 0) is 19.4 Å². The first kappa shape index (κ1) is 12.2. The topological polar surface area (TPSA) is 56.3 Å². The number of hydrogen-bond acceptors (Lipinski definition) is 6. The Bertz CT molecular complexity index is 585. The average molecular weight is 277 g/mol. The summed E-state index contributed by atoms with van der Waals surface area (Å²) in [6.07, 6.45) is 0.894. The van der Waals surface area contributed by atoms with Crippen LogP contribution in [0.5, 0.6) is 11.5 Å². The first-order chi connectivity index (χ1) is 9.26. The molecule has 100 valence electrons. The van der Waals surface area contributed by atoms with Crippen molar-refractivity contribution in [1.82, 2.24) is 9.36 Å². The number of nitrogens with one attached hydrogen (secondary N) is 1. The SMILES string of the molecule is COc1cccc2c1OCC(Nc1nc(C)ns1)C2. The third-order valence-corrected chi connectivity index (χ3v) is 3.77. The number of nitrogens with zero attached hydrogens (tertiary/aromatic N) is 2. The minimum absolute atomic E-state index is 0.215. The second-order valence-electron chi connectivity index (χ2n) is 4.45. The summed E-state index contributed by atoms with van der Waals surface area (Å²) >= 11 is 1.38. The van der Waals surface area contributed by atoms with Gasteiger partial charge in [-0.3, -0.25) is 0 Å². The molecule has 0 spiro atoms. The fourth-order valence-electron chi connectivity index (χ4n) is 2.18. The molecule has 0 radical (unpaired) electrons. The number of rotatable bonds is 3. The first-order valence-corrected chi connectivity index (χ1v) is 6.89. The molecule has 5 nitrogen and oxygen atoms in total. The van der Waals surface area contributed by atoms with Gasteiger partial charge in [-0.2, -0.15) is 4.37 Å². The quantitative estimate of drug-likeness (QED) is 0.932. The molecule has 2 heterocycles. The van der Waals surface area contributed by atoms with E-state index in [1.165, 1.54) is 11.5 Å². The maximum Gasteiger partial charge on any atom is 0.202 e. The number of aryl methyl sites for hydroxylation is 1. The fourth-order valence-corrected chi connectivity index (χ4v) is 2.83. The maximum atomic E-state index is 5.81. The number of anilines is 1. The van der Waals surface area contributed by atoms with Crippen molar-refractivity contribution in [2.45, 2.75) is 19.4 Å². The molecule has 1 aliphatic heterocycles. The Hall–Kier alpha value is -1.82. The molecule has 0 aliphatic carbocycles. The zero-order chi connectivity index (χ0) is 13.2. The normalized spacial score (nSPS) is 17.5. The van der Waals surface area contributed by atoms with Gasteiger partial charge in [0.05, 0.1) is 13.2 Å². The van der Waals surface area contributed by atoms with Gasteiger partial charge in [0.1, 0.15) is 12.4 Å². The number of aromatic nitrogens is 2. The predicted octanol–water partition coefficient (Wildman–Crippen LogP) is 2.27. The summed E-state index contributed by atoms with van der Waals surface area (Å²) in [5.41, 5.74) is 1.16. The van der Waals surface area contributed by atoms with E-state index in [2.05, 4.69) is 20.7 Å². The Balaban J connectivity index is 1.75. The van der Waals surface area contributed by atoms with Crippen molar-refractivity contribution in [3.05, 3.63) is 29.6 Å². The molecule has 1 atom stereocenters. The third-order valence-electron chi connectivity index (χ3n) is 3.03. The van der Waals surface area contributed by atoms with E-state index in [4.69, 9.17) is 9.47 Å². The predicted molar refractivity (Wildman–Crippen MR) is 74.2 cm³/mol. The summed E-state index contributed by atoms with van der Waals surface area (Å²) in [6, 6.07) is 6.18.